The molecule has 6 heteroatoms. The van der Waals surface area contributed by atoms with Crippen molar-refractivity contribution in [2.24, 2.45) is 0 Å². The van der Waals surface area contributed by atoms with Crippen LogP contribution in [0.15, 0.2) is 72.8 Å². The van der Waals surface area contributed by atoms with Gasteiger partial charge in [-0.2, -0.15) is 0 Å². The van der Waals surface area contributed by atoms with Gasteiger partial charge in [-0.25, -0.2) is 13.2 Å². The van der Waals surface area contributed by atoms with Gasteiger partial charge >= 0.3 is 5.97 Å². The standard InChI is InChI=1S/C22H21NO4S/c1-15(2)28(26,27)23-21-9-4-3-8-20(21)17-12-10-16(11-13-17)18-6-5-7-19(14-18)22(24)25/h3-15,23H,1-2H3,(H,24,25). The molecule has 28 heavy (non-hydrogen) atoms. The normalized spacial score (nSPS) is 11.4. The summed E-state index contributed by atoms with van der Waals surface area (Å²) in [6.07, 6.45) is 0. The summed E-state index contributed by atoms with van der Waals surface area (Å²) < 4.78 is 27.2. The Balaban J connectivity index is 1.95. The highest BCUT2D eigenvalue weighted by atomic mass is 32.2. The van der Waals surface area contributed by atoms with Crippen LogP contribution in [-0.4, -0.2) is 24.7 Å². The maximum absolute atomic E-state index is 12.3. The second-order valence-electron chi connectivity index (χ2n) is 6.70. The molecule has 3 rings (SSSR count). The largest absolute Gasteiger partial charge is 0.478 e. The van der Waals surface area contributed by atoms with E-state index in [1.54, 1.807) is 44.2 Å². The van der Waals surface area contributed by atoms with Crippen LogP contribution in [0.3, 0.4) is 0 Å². The van der Waals surface area contributed by atoms with Crippen LogP contribution in [0.5, 0.6) is 0 Å². The minimum absolute atomic E-state index is 0.231. The molecule has 0 fully saturated rings. The van der Waals surface area contributed by atoms with E-state index in [9.17, 15) is 13.2 Å². The monoisotopic (exact) mass is 395 g/mol. The number of hydrogen-bond acceptors (Lipinski definition) is 3. The SMILES string of the molecule is CC(C)S(=O)(=O)Nc1ccccc1-c1ccc(-c2cccc(C(=O)O)c2)cc1. The lowest BCUT2D eigenvalue weighted by atomic mass is 9.98. The first-order valence-electron chi connectivity index (χ1n) is 8.83. The fourth-order valence-electron chi connectivity index (χ4n) is 2.77. The molecular formula is C22H21NO4S. The maximum Gasteiger partial charge on any atom is 0.335 e. The molecule has 3 aromatic rings. The summed E-state index contributed by atoms with van der Waals surface area (Å²) in [6.45, 7) is 3.26. The van der Waals surface area contributed by atoms with Gasteiger partial charge in [0.15, 0.2) is 0 Å². The Morgan fingerprint density at radius 3 is 2.14 bits per heavy atom. The molecular weight excluding hydrogens is 374 g/mol. The summed E-state index contributed by atoms with van der Waals surface area (Å²) >= 11 is 0. The molecule has 0 bridgehead atoms. The zero-order valence-corrected chi connectivity index (χ0v) is 16.4. The summed E-state index contributed by atoms with van der Waals surface area (Å²) in [4.78, 5) is 11.2. The quantitative estimate of drug-likeness (QED) is 0.624. The van der Waals surface area contributed by atoms with E-state index >= 15 is 0 Å². The molecule has 3 aromatic carbocycles. The third kappa shape index (κ3) is 4.23. The minimum Gasteiger partial charge on any atom is -0.478 e. The van der Waals surface area contributed by atoms with Gasteiger partial charge < -0.3 is 5.11 Å². The molecule has 144 valence electrons. The third-order valence-corrected chi connectivity index (χ3v) is 6.18. The third-order valence-electron chi connectivity index (χ3n) is 4.44. The number of hydrogen-bond donors (Lipinski definition) is 2. The number of carboxylic acid groups (broad SMARTS) is 1. The number of carbonyl (C=O) groups is 1. The van der Waals surface area contributed by atoms with Gasteiger partial charge in [0.05, 0.1) is 16.5 Å². The van der Waals surface area contributed by atoms with Crippen LogP contribution in [0.2, 0.25) is 0 Å². The Morgan fingerprint density at radius 2 is 1.50 bits per heavy atom. The highest BCUT2D eigenvalue weighted by molar-refractivity contribution is 7.93. The van der Waals surface area contributed by atoms with Crippen molar-refractivity contribution in [3.05, 3.63) is 78.4 Å². The molecule has 0 aliphatic heterocycles. The first kappa shape index (κ1) is 19.6. The van der Waals surface area contributed by atoms with Crippen LogP contribution in [-0.2, 0) is 10.0 Å². The number of nitrogens with one attached hydrogen (secondary N) is 1. The lowest BCUT2D eigenvalue weighted by Crippen LogP contribution is -2.22. The zero-order valence-electron chi connectivity index (χ0n) is 15.6. The number of carboxylic acids is 1. The predicted octanol–water partition coefficient (Wildman–Crippen LogP) is 4.87. The van der Waals surface area contributed by atoms with Crippen LogP contribution < -0.4 is 4.72 Å². The van der Waals surface area contributed by atoms with Gasteiger partial charge in [0.1, 0.15) is 0 Å². The first-order valence-corrected chi connectivity index (χ1v) is 10.4. The molecule has 0 unspecified atom stereocenters. The van der Waals surface area contributed by atoms with Gasteiger partial charge in [-0.15, -0.1) is 0 Å². The number of para-hydroxylation sites is 1. The van der Waals surface area contributed by atoms with E-state index in [2.05, 4.69) is 4.72 Å². The Kier molecular flexibility index (Phi) is 5.51. The molecule has 0 radical (unpaired) electrons. The topological polar surface area (TPSA) is 83.5 Å². The lowest BCUT2D eigenvalue weighted by Gasteiger charge is -2.15. The van der Waals surface area contributed by atoms with Crippen molar-refractivity contribution in [2.75, 3.05) is 4.72 Å². The van der Waals surface area contributed by atoms with Crippen molar-refractivity contribution in [3.8, 4) is 22.3 Å². The first-order chi connectivity index (χ1) is 13.3. The van der Waals surface area contributed by atoms with Crippen molar-refractivity contribution in [3.63, 3.8) is 0 Å². The number of rotatable bonds is 6. The van der Waals surface area contributed by atoms with Crippen molar-refractivity contribution >= 4 is 21.7 Å². The molecule has 5 nitrogen and oxygen atoms in total. The summed E-state index contributed by atoms with van der Waals surface area (Å²) in [5, 5.41) is 8.62. The van der Waals surface area contributed by atoms with Gasteiger partial charge in [0.25, 0.3) is 0 Å². The fraction of sp³-hybridized carbons (Fsp3) is 0.136. The molecule has 0 amide bonds. The fourth-order valence-corrected chi connectivity index (χ4v) is 3.49. The predicted molar refractivity (Wildman–Crippen MR) is 112 cm³/mol. The van der Waals surface area contributed by atoms with E-state index in [1.165, 1.54) is 0 Å². The molecule has 0 saturated heterocycles. The van der Waals surface area contributed by atoms with E-state index in [0.29, 0.717) is 5.69 Å². The molecule has 2 N–H and O–H groups in total. The van der Waals surface area contributed by atoms with Crippen LogP contribution in [0.4, 0.5) is 5.69 Å². The van der Waals surface area contributed by atoms with Crippen LogP contribution in [0.25, 0.3) is 22.3 Å². The zero-order chi connectivity index (χ0) is 20.3. The summed E-state index contributed by atoms with van der Waals surface area (Å²) in [5.74, 6) is -0.968. The summed E-state index contributed by atoms with van der Waals surface area (Å²) in [6, 6.07) is 21.6. The van der Waals surface area contributed by atoms with Gasteiger partial charge in [0.2, 0.25) is 10.0 Å². The Labute approximate surface area is 164 Å². The average molecular weight is 395 g/mol. The number of anilines is 1. The highest BCUT2D eigenvalue weighted by Crippen LogP contribution is 2.31. The second kappa shape index (κ2) is 7.86. The van der Waals surface area contributed by atoms with Crippen molar-refractivity contribution in [1.29, 1.82) is 0 Å². The van der Waals surface area contributed by atoms with Crippen LogP contribution in [0, 0.1) is 0 Å². The van der Waals surface area contributed by atoms with Crippen molar-refractivity contribution < 1.29 is 18.3 Å². The van der Waals surface area contributed by atoms with Crippen molar-refractivity contribution in [1.82, 2.24) is 0 Å². The molecule has 0 aliphatic rings. The summed E-state index contributed by atoms with van der Waals surface area (Å²) in [5.41, 5.74) is 4.08. The molecule has 0 aliphatic carbocycles. The average Bonchev–Trinajstić information content (AvgIpc) is 2.68. The van der Waals surface area contributed by atoms with Gasteiger partial charge in [-0.3, -0.25) is 4.72 Å². The second-order valence-corrected chi connectivity index (χ2v) is 8.94. The van der Waals surface area contributed by atoms with E-state index in [1.807, 2.05) is 42.5 Å². The van der Waals surface area contributed by atoms with E-state index in [0.717, 1.165) is 22.3 Å². The van der Waals surface area contributed by atoms with Gasteiger partial charge in [0, 0.05) is 5.56 Å². The van der Waals surface area contributed by atoms with E-state index in [-0.39, 0.29) is 5.56 Å². The van der Waals surface area contributed by atoms with Gasteiger partial charge in [-0.1, -0.05) is 54.6 Å². The molecule has 0 atom stereocenters. The van der Waals surface area contributed by atoms with Crippen LogP contribution in [0.1, 0.15) is 24.2 Å². The summed E-state index contributed by atoms with van der Waals surface area (Å²) in [7, 11) is -3.45. The number of benzene rings is 3. The van der Waals surface area contributed by atoms with Crippen molar-refractivity contribution in [2.45, 2.75) is 19.1 Å². The molecule has 0 spiro atoms. The van der Waals surface area contributed by atoms with Crippen LogP contribution >= 0.6 is 0 Å². The molecule has 0 heterocycles. The molecule has 0 aromatic heterocycles. The Morgan fingerprint density at radius 1 is 0.857 bits per heavy atom. The highest BCUT2D eigenvalue weighted by Gasteiger charge is 2.17. The number of aromatic carboxylic acids is 1. The van der Waals surface area contributed by atoms with Gasteiger partial charge in [-0.05, 0) is 48.7 Å². The Bertz CT molecular complexity index is 1100. The Hall–Kier alpha value is -3.12. The minimum atomic E-state index is -3.45. The lowest BCUT2D eigenvalue weighted by molar-refractivity contribution is 0.0697. The maximum atomic E-state index is 12.3. The smallest absolute Gasteiger partial charge is 0.335 e. The molecule has 0 saturated carbocycles. The number of sulfonamides is 1. The van der Waals surface area contributed by atoms with E-state index in [4.69, 9.17) is 5.11 Å². The van der Waals surface area contributed by atoms with E-state index < -0.39 is 21.2 Å².